The van der Waals surface area contributed by atoms with Gasteiger partial charge in [-0.25, -0.2) is 0 Å². The number of aryl methyl sites for hydroxylation is 2. The second-order valence-electron chi connectivity index (χ2n) is 3.78. The molecule has 84 valence electrons. The molecule has 0 fully saturated rings. The maximum Gasteiger partial charge on any atom is 0.124 e. The van der Waals surface area contributed by atoms with Crippen LogP contribution in [0, 0.1) is 13.8 Å². The van der Waals surface area contributed by atoms with E-state index in [0.29, 0.717) is 6.42 Å². The second kappa shape index (κ2) is 5.38. The van der Waals surface area contributed by atoms with Crippen LogP contribution in [0.1, 0.15) is 16.7 Å². The Hall–Kier alpha value is -0.730. The molecule has 0 amide bonds. The third-order valence-electron chi connectivity index (χ3n) is 2.37. The predicted molar refractivity (Wildman–Crippen MR) is 62.9 cm³/mol. The molecule has 3 heteroatoms. The van der Waals surface area contributed by atoms with E-state index in [1.165, 1.54) is 0 Å². The largest absolute Gasteiger partial charge is 0.496 e. The van der Waals surface area contributed by atoms with Crippen LogP contribution in [0.3, 0.4) is 0 Å². The van der Waals surface area contributed by atoms with Crippen molar-refractivity contribution in [2.75, 3.05) is 13.0 Å². The number of aliphatic hydroxyl groups is 1. The second-order valence-corrected chi connectivity index (χ2v) is 4.08. The number of hydrogen-bond donors (Lipinski definition) is 1. The van der Waals surface area contributed by atoms with Gasteiger partial charge in [-0.1, -0.05) is 12.1 Å². The average molecular weight is 229 g/mol. The minimum Gasteiger partial charge on any atom is -0.496 e. The summed E-state index contributed by atoms with van der Waals surface area (Å²) >= 11 is 5.57. The number of ether oxygens (including phenoxy) is 1. The molecule has 2 nitrogen and oxygen atoms in total. The van der Waals surface area contributed by atoms with Crippen molar-refractivity contribution >= 4 is 11.6 Å². The molecule has 0 aliphatic heterocycles. The van der Waals surface area contributed by atoms with Crippen LogP contribution in [0.5, 0.6) is 5.75 Å². The third-order valence-corrected chi connectivity index (χ3v) is 2.73. The number of rotatable bonds is 4. The van der Waals surface area contributed by atoms with Gasteiger partial charge in [0.15, 0.2) is 0 Å². The summed E-state index contributed by atoms with van der Waals surface area (Å²) in [4.78, 5) is 0. The van der Waals surface area contributed by atoms with E-state index in [-0.39, 0.29) is 5.88 Å². The van der Waals surface area contributed by atoms with Crippen molar-refractivity contribution in [2.45, 2.75) is 26.4 Å². The Bertz CT molecular complexity index is 313. The lowest BCUT2D eigenvalue weighted by Crippen LogP contribution is -2.12. The van der Waals surface area contributed by atoms with E-state index in [2.05, 4.69) is 0 Å². The van der Waals surface area contributed by atoms with Gasteiger partial charge in [0.05, 0.1) is 13.2 Å². The van der Waals surface area contributed by atoms with Gasteiger partial charge in [0.2, 0.25) is 0 Å². The van der Waals surface area contributed by atoms with Crippen LogP contribution < -0.4 is 4.74 Å². The lowest BCUT2D eigenvalue weighted by molar-refractivity contribution is 0.198. The summed E-state index contributed by atoms with van der Waals surface area (Å²) in [6.07, 6.45) is 0.119. The summed E-state index contributed by atoms with van der Waals surface area (Å²) in [5.74, 6) is 1.18. The van der Waals surface area contributed by atoms with Crippen LogP contribution in [0.4, 0.5) is 0 Å². The van der Waals surface area contributed by atoms with Crippen LogP contribution in [-0.4, -0.2) is 24.2 Å². The molecule has 0 aliphatic carbocycles. The molecule has 1 N–H and O–H groups in total. The molecule has 0 radical (unpaired) electrons. The minimum absolute atomic E-state index is 0.268. The summed E-state index contributed by atoms with van der Waals surface area (Å²) in [6, 6.07) is 4.06. The summed E-state index contributed by atoms with van der Waals surface area (Å²) in [5, 5.41) is 9.46. The highest BCUT2D eigenvalue weighted by molar-refractivity contribution is 6.18. The standard InChI is InChI=1S/C12H17ClO2/c1-8-4-10(6-11(14)7-13)5-9(2)12(8)15-3/h4-5,11,14H,6-7H2,1-3H3. The molecular weight excluding hydrogens is 212 g/mol. The van der Waals surface area contributed by atoms with Crippen molar-refractivity contribution in [3.05, 3.63) is 28.8 Å². The molecule has 0 spiro atoms. The molecule has 1 atom stereocenters. The van der Waals surface area contributed by atoms with E-state index in [0.717, 1.165) is 22.4 Å². The number of hydrogen-bond acceptors (Lipinski definition) is 2. The van der Waals surface area contributed by atoms with Gasteiger partial charge >= 0.3 is 0 Å². The van der Waals surface area contributed by atoms with E-state index in [9.17, 15) is 5.11 Å². The zero-order valence-corrected chi connectivity index (χ0v) is 10.1. The molecule has 1 unspecified atom stereocenters. The summed E-state index contributed by atoms with van der Waals surface area (Å²) in [7, 11) is 1.67. The first-order chi connectivity index (χ1) is 7.08. The highest BCUT2D eigenvalue weighted by atomic mass is 35.5. The smallest absolute Gasteiger partial charge is 0.124 e. The monoisotopic (exact) mass is 228 g/mol. The fraction of sp³-hybridized carbons (Fsp3) is 0.500. The van der Waals surface area contributed by atoms with Gasteiger partial charge in [-0.15, -0.1) is 11.6 Å². The normalized spacial score (nSPS) is 12.6. The Balaban J connectivity index is 2.93. The fourth-order valence-corrected chi connectivity index (χ4v) is 1.92. The first kappa shape index (κ1) is 12.3. The van der Waals surface area contributed by atoms with Crippen LogP contribution >= 0.6 is 11.6 Å². The Kier molecular flexibility index (Phi) is 4.43. The highest BCUT2D eigenvalue weighted by Gasteiger charge is 2.08. The van der Waals surface area contributed by atoms with Crippen molar-refractivity contribution in [3.63, 3.8) is 0 Å². The quantitative estimate of drug-likeness (QED) is 0.803. The van der Waals surface area contributed by atoms with Gasteiger partial charge in [-0.2, -0.15) is 0 Å². The van der Waals surface area contributed by atoms with Crippen molar-refractivity contribution in [3.8, 4) is 5.75 Å². The maximum atomic E-state index is 9.46. The van der Waals surface area contributed by atoms with Gasteiger partial charge < -0.3 is 9.84 Å². The lowest BCUT2D eigenvalue weighted by Gasteiger charge is -2.12. The zero-order chi connectivity index (χ0) is 11.4. The number of benzene rings is 1. The van der Waals surface area contributed by atoms with Gasteiger partial charge in [-0.05, 0) is 37.0 Å². The maximum absolute atomic E-state index is 9.46. The van der Waals surface area contributed by atoms with Crippen molar-refractivity contribution in [2.24, 2.45) is 0 Å². The van der Waals surface area contributed by atoms with E-state index in [1.54, 1.807) is 7.11 Å². The molecule has 1 rings (SSSR count). The van der Waals surface area contributed by atoms with Gasteiger partial charge in [0.25, 0.3) is 0 Å². The lowest BCUT2D eigenvalue weighted by atomic mass is 10.0. The Morgan fingerprint density at radius 3 is 2.27 bits per heavy atom. The van der Waals surface area contributed by atoms with Crippen LogP contribution in [0.2, 0.25) is 0 Å². The zero-order valence-electron chi connectivity index (χ0n) is 9.38. The van der Waals surface area contributed by atoms with E-state index < -0.39 is 6.10 Å². The van der Waals surface area contributed by atoms with E-state index in [1.807, 2.05) is 26.0 Å². The SMILES string of the molecule is COc1c(C)cc(CC(O)CCl)cc1C. The molecule has 0 heterocycles. The average Bonchev–Trinajstić information content (AvgIpc) is 2.17. The van der Waals surface area contributed by atoms with Gasteiger partial charge in [0.1, 0.15) is 5.75 Å². The van der Waals surface area contributed by atoms with Gasteiger partial charge in [-0.3, -0.25) is 0 Å². The van der Waals surface area contributed by atoms with Crippen molar-refractivity contribution in [1.82, 2.24) is 0 Å². The molecule has 0 saturated carbocycles. The first-order valence-corrected chi connectivity index (χ1v) is 5.50. The molecule has 0 aromatic heterocycles. The third kappa shape index (κ3) is 3.11. The van der Waals surface area contributed by atoms with E-state index in [4.69, 9.17) is 16.3 Å². The number of alkyl halides is 1. The number of aliphatic hydroxyl groups excluding tert-OH is 1. The number of methoxy groups -OCH3 is 1. The summed E-state index contributed by atoms with van der Waals surface area (Å²) in [5.41, 5.74) is 3.28. The molecule has 1 aromatic carbocycles. The number of halogens is 1. The summed E-state index contributed by atoms with van der Waals surface area (Å²) < 4.78 is 5.27. The van der Waals surface area contributed by atoms with Crippen LogP contribution in [0.15, 0.2) is 12.1 Å². The first-order valence-electron chi connectivity index (χ1n) is 4.96. The molecule has 15 heavy (non-hydrogen) atoms. The molecule has 0 bridgehead atoms. The molecular formula is C12H17ClO2. The predicted octanol–water partition coefficient (Wildman–Crippen LogP) is 2.45. The van der Waals surface area contributed by atoms with Crippen molar-refractivity contribution < 1.29 is 9.84 Å². The Morgan fingerprint density at radius 1 is 1.33 bits per heavy atom. The minimum atomic E-state index is -0.473. The molecule has 1 aromatic rings. The molecule has 0 aliphatic rings. The highest BCUT2D eigenvalue weighted by Crippen LogP contribution is 2.24. The summed E-state index contributed by atoms with van der Waals surface area (Å²) in [6.45, 7) is 4.00. The van der Waals surface area contributed by atoms with Crippen LogP contribution in [0.25, 0.3) is 0 Å². The fourth-order valence-electron chi connectivity index (χ4n) is 1.81. The Morgan fingerprint density at radius 2 is 1.87 bits per heavy atom. The Labute approximate surface area is 95.8 Å². The topological polar surface area (TPSA) is 29.5 Å². The van der Waals surface area contributed by atoms with E-state index >= 15 is 0 Å². The van der Waals surface area contributed by atoms with Crippen molar-refractivity contribution in [1.29, 1.82) is 0 Å². The van der Waals surface area contributed by atoms with Crippen LogP contribution in [-0.2, 0) is 6.42 Å². The van der Waals surface area contributed by atoms with Gasteiger partial charge in [0, 0.05) is 5.88 Å². The molecule has 0 saturated heterocycles.